The Morgan fingerprint density at radius 1 is 1.33 bits per heavy atom. The molecule has 2 rings (SSSR count). The second-order valence-corrected chi connectivity index (χ2v) is 6.64. The third-order valence-electron chi connectivity index (χ3n) is 4.14. The van der Waals surface area contributed by atoms with E-state index in [0.717, 1.165) is 29.7 Å². The number of halogens is 1. The van der Waals surface area contributed by atoms with Crippen molar-refractivity contribution in [2.24, 2.45) is 0 Å². The van der Waals surface area contributed by atoms with E-state index in [4.69, 9.17) is 23.8 Å². The zero-order chi connectivity index (χ0) is 15.1. The van der Waals surface area contributed by atoms with E-state index >= 15 is 0 Å². The first-order valence-corrected chi connectivity index (χ1v) is 8.59. The quantitative estimate of drug-likeness (QED) is 0.573. The number of benzene rings is 1. The van der Waals surface area contributed by atoms with Gasteiger partial charge in [0.1, 0.15) is 0 Å². The molecule has 0 radical (unpaired) electrons. The highest BCUT2D eigenvalue weighted by atomic mass is 35.5. The van der Waals surface area contributed by atoms with Gasteiger partial charge in [-0.2, -0.15) is 0 Å². The Morgan fingerprint density at radius 2 is 2.10 bits per heavy atom. The van der Waals surface area contributed by atoms with Crippen molar-refractivity contribution >= 4 is 34.6 Å². The third-order valence-corrected chi connectivity index (χ3v) is 4.64. The lowest BCUT2D eigenvalue weighted by molar-refractivity contribution is -0.928. The van der Waals surface area contributed by atoms with Crippen molar-refractivity contribution < 1.29 is 4.90 Å². The number of hydrogen-bond donors (Lipinski definition) is 3. The van der Waals surface area contributed by atoms with Crippen LogP contribution in [0.5, 0.6) is 0 Å². The maximum absolute atomic E-state index is 5.86. The smallest absolute Gasteiger partial charge is 0.170 e. The van der Waals surface area contributed by atoms with Gasteiger partial charge in [0.25, 0.3) is 0 Å². The molecule has 1 saturated heterocycles. The van der Waals surface area contributed by atoms with Crippen molar-refractivity contribution in [3.63, 3.8) is 0 Å². The van der Waals surface area contributed by atoms with Gasteiger partial charge >= 0.3 is 0 Å². The van der Waals surface area contributed by atoms with Crippen LogP contribution >= 0.6 is 23.8 Å². The molecule has 1 fully saturated rings. The highest BCUT2D eigenvalue weighted by molar-refractivity contribution is 7.80. The van der Waals surface area contributed by atoms with Crippen LogP contribution in [0, 0.1) is 0 Å². The molecule has 1 heterocycles. The SMILES string of the molecule is C[C@H]1CCCC[NH+]1CCCNC(=S)Nc1ccc(Cl)cc1. The van der Waals surface area contributed by atoms with Crippen LogP contribution in [0.1, 0.15) is 32.6 Å². The molecule has 1 aliphatic heterocycles. The van der Waals surface area contributed by atoms with Crippen LogP contribution in [-0.4, -0.2) is 30.8 Å². The van der Waals surface area contributed by atoms with Gasteiger partial charge in [0.15, 0.2) is 5.11 Å². The second kappa shape index (κ2) is 8.57. The van der Waals surface area contributed by atoms with Crippen molar-refractivity contribution in [1.82, 2.24) is 5.32 Å². The first-order chi connectivity index (χ1) is 10.1. The minimum absolute atomic E-state index is 0.680. The van der Waals surface area contributed by atoms with E-state index < -0.39 is 0 Å². The topological polar surface area (TPSA) is 28.5 Å². The van der Waals surface area contributed by atoms with Gasteiger partial charge in [0, 0.05) is 23.7 Å². The van der Waals surface area contributed by atoms with Gasteiger partial charge in [0.05, 0.1) is 19.1 Å². The fraction of sp³-hybridized carbons (Fsp3) is 0.562. The summed E-state index contributed by atoms with van der Waals surface area (Å²) in [6, 6.07) is 8.38. The van der Waals surface area contributed by atoms with Crippen molar-refractivity contribution in [1.29, 1.82) is 0 Å². The van der Waals surface area contributed by atoms with E-state index in [0.29, 0.717) is 5.11 Å². The first-order valence-electron chi connectivity index (χ1n) is 7.80. The Hall–Kier alpha value is -0.840. The van der Waals surface area contributed by atoms with Crippen molar-refractivity contribution in [3.8, 4) is 0 Å². The molecule has 0 saturated carbocycles. The molecule has 0 amide bonds. The summed E-state index contributed by atoms with van der Waals surface area (Å²) in [5, 5.41) is 7.86. The Bertz CT molecular complexity index is 449. The van der Waals surface area contributed by atoms with Gasteiger partial charge in [0.2, 0.25) is 0 Å². The lowest BCUT2D eigenvalue weighted by Crippen LogP contribution is -3.16. The lowest BCUT2D eigenvalue weighted by atomic mass is 10.0. The van der Waals surface area contributed by atoms with Gasteiger partial charge in [-0.05, 0) is 62.7 Å². The van der Waals surface area contributed by atoms with Gasteiger partial charge in [-0.3, -0.25) is 0 Å². The van der Waals surface area contributed by atoms with Crippen LogP contribution in [0.4, 0.5) is 5.69 Å². The minimum atomic E-state index is 0.680. The Labute approximate surface area is 138 Å². The molecule has 116 valence electrons. The molecular formula is C16H25ClN3S+. The van der Waals surface area contributed by atoms with E-state index in [1.807, 2.05) is 24.3 Å². The molecule has 0 aliphatic carbocycles. The maximum Gasteiger partial charge on any atom is 0.170 e. The van der Waals surface area contributed by atoms with Crippen molar-refractivity contribution in [3.05, 3.63) is 29.3 Å². The molecule has 1 unspecified atom stereocenters. The van der Waals surface area contributed by atoms with E-state index in [9.17, 15) is 0 Å². The summed E-state index contributed by atoms with van der Waals surface area (Å²) in [7, 11) is 0. The summed E-state index contributed by atoms with van der Waals surface area (Å²) in [5.74, 6) is 0. The van der Waals surface area contributed by atoms with E-state index in [1.165, 1.54) is 32.4 Å². The molecule has 3 N–H and O–H groups in total. The van der Waals surface area contributed by atoms with Gasteiger partial charge in [-0.15, -0.1) is 0 Å². The van der Waals surface area contributed by atoms with Gasteiger partial charge in [-0.25, -0.2) is 0 Å². The molecule has 21 heavy (non-hydrogen) atoms. The summed E-state index contributed by atoms with van der Waals surface area (Å²) in [5.41, 5.74) is 0.965. The largest absolute Gasteiger partial charge is 0.362 e. The molecule has 0 aromatic heterocycles. The second-order valence-electron chi connectivity index (χ2n) is 5.80. The average molecular weight is 327 g/mol. The van der Waals surface area contributed by atoms with E-state index in [1.54, 1.807) is 4.90 Å². The molecule has 1 aromatic carbocycles. The van der Waals surface area contributed by atoms with Crippen LogP contribution < -0.4 is 15.5 Å². The van der Waals surface area contributed by atoms with Crippen molar-refractivity contribution in [2.45, 2.75) is 38.6 Å². The molecule has 1 aromatic rings. The van der Waals surface area contributed by atoms with Crippen molar-refractivity contribution in [2.75, 3.05) is 25.0 Å². The molecule has 0 bridgehead atoms. The molecule has 2 atom stereocenters. The predicted octanol–water partition coefficient (Wildman–Crippen LogP) is 2.47. The number of hydrogen-bond acceptors (Lipinski definition) is 1. The monoisotopic (exact) mass is 326 g/mol. The molecule has 0 spiro atoms. The average Bonchev–Trinajstić information content (AvgIpc) is 2.48. The fourth-order valence-corrected chi connectivity index (χ4v) is 3.20. The number of piperidine rings is 1. The number of quaternary nitrogens is 1. The lowest BCUT2D eigenvalue weighted by Gasteiger charge is -2.30. The summed E-state index contributed by atoms with van der Waals surface area (Å²) in [4.78, 5) is 1.75. The van der Waals surface area contributed by atoms with Crippen LogP contribution in [-0.2, 0) is 0 Å². The Balaban J connectivity index is 1.61. The summed E-state index contributed by atoms with van der Waals surface area (Å²) in [6.45, 7) is 5.86. The normalized spacial score (nSPS) is 21.8. The van der Waals surface area contributed by atoms with Gasteiger partial charge in [-0.1, -0.05) is 11.6 Å². The minimum Gasteiger partial charge on any atom is -0.362 e. The van der Waals surface area contributed by atoms with Crippen LogP contribution in [0.3, 0.4) is 0 Å². The summed E-state index contributed by atoms with van der Waals surface area (Å²) < 4.78 is 0. The van der Waals surface area contributed by atoms with E-state index in [-0.39, 0.29) is 0 Å². The summed E-state index contributed by atoms with van der Waals surface area (Å²) >= 11 is 11.2. The van der Waals surface area contributed by atoms with E-state index in [2.05, 4.69) is 17.6 Å². The third kappa shape index (κ3) is 5.81. The number of likely N-dealkylation sites (tertiary alicyclic amines) is 1. The number of nitrogens with one attached hydrogen (secondary N) is 3. The molecular weight excluding hydrogens is 302 g/mol. The van der Waals surface area contributed by atoms with Gasteiger partial charge < -0.3 is 15.5 Å². The molecule has 5 heteroatoms. The predicted molar refractivity (Wildman–Crippen MR) is 94.3 cm³/mol. The zero-order valence-corrected chi connectivity index (χ0v) is 14.2. The highest BCUT2D eigenvalue weighted by Crippen LogP contribution is 2.13. The zero-order valence-electron chi connectivity index (χ0n) is 12.6. The Morgan fingerprint density at radius 3 is 2.81 bits per heavy atom. The Kier molecular flexibility index (Phi) is 6.74. The molecule has 1 aliphatic rings. The first kappa shape index (κ1) is 16.5. The fourth-order valence-electron chi connectivity index (χ4n) is 2.85. The molecule has 3 nitrogen and oxygen atoms in total. The standard InChI is InChI=1S/C16H24ClN3S/c1-13-5-2-3-11-20(13)12-4-10-18-16(21)19-15-8-6-14(17)7-9-15/h6-9,13H,2-5,10-12H2,1H3,(H2,18,19,21)/p+1/t13-/m0/s1. The van der Waals surface area contributed by atoms with Crippen LogP contribution in [0.2, 0.25) is 5.02 Å². The van der Waals surface area contributed by atoms with Crippen LogP contribution in [0.25, 0.3) is 0 Å². The highest BCUT2D eigenvalue weighted by Gasteiger charge is 2.20. The number of anilines is 1. The maximum atomic E-state index is 5.86. The van der Waals surface area contributed by atoms with Crippen LogP contribution in [0.15, 0.2) is 24.3 Å². The number of thiocarbonyl (C=S) groups is 1. The number of rotatable bonds is 5. The summed E-state index contributed by atoms with van der Waals surface area (Å²) in [6.07, 6.45) is 5.31.